The Morgan fingerprint density at radius 1 is 1.21 bits per heavy atom. The van der Waals surface area contributed by atoms with Crippen molar-refractivity contribution in [3.63, 3.8) is 0 Å². The summed E-state index contributed by atoms with van der Waals surface area (Å²) in [6.07, 6.45) is 0.658. The number of amides is 1. The molecular weight excluding hydrogens is 262 g/mol. The molecule has 3 nitrogen and oxygen atoms in total. The number of hydrogen-bond donors (Lipinski definition) is 1. The van der Waals surface area contributed by atoms with Gasteiger partial charge in [0, 0.05) is 16.8 Å². The van der Waals surface area contributed by atoms with Gasteiger partial charge in [-0.2, -0.15) is 0 Å². The minimum Gasteiger partial charge on any atom is -0.322 e. The summed E-state index contributed by atoms with van der Waals surface area (Å²) in [4.78, 5) is 22.7. The minimum atomic E-state index is -0.256. The predicted octanol–water partition coefficient (Wildman–Crippen LogP) is 3.71. The molecule has 0 unspecified atom stereocenters. The molecular formula is C15H12ClNO2. The largest absolute Gasteiger partial charge is 0.322 e. The molecule has 0 atom stereocenters. The second kappa shape index (κ2) is 5.67. The van der Waals surface area contributed by atoms with Gasteiger partial charge in [0.2, 0.25) is 0 Å². The van der Waals surface area contributed by atoms with Gasteiger partial charge in [-0.3, -0.25) is 9.59 Å². The number of aldehydes is 1. The van der Waals surface area contributed by atoms with Gasteiger partial charge in [0.1, 0.15) is 0 Å². The van der Waals surface area contributed by atoms with E-state index in [0.29, 0.717) is 17.4 Å². The van der Waals surface area contributed by atoms with Gasteiger partial charge in [-0.25, -0.2) is 0 Å². The predicted molar refractivity (Wildman–Crippen MR) is 76.0 cm³/mol. The smallest absolute Gasteiger partial charge is 0.255 e. The first-order chi connectivity index (χ1) is 9.11. The number of carbonyl (C=O) groups excluding carboxylic acids is 2. The van der Waals surface area contributed by atoms with Crippen LogP contribution in [0.3, 0.4) is 0 Å². The Labute approximate surface area is 116 Å². The zero-order valence-corrected chi connectivity index (χ0v) is 11.1. The van der Waals surface area contributed by atoms with Gasteiger partial charge < -0.3 is 5.32 Å². The molecule has 1 amide bonds. The van der Waals surface area contributed by atoms with Crippen molar-refractivity contribution >= 4 is 29.5 Å². The Bertz CT molecular complexity index is 638. The molecule has 0 aromatic heterocycles. The van der Waals surface area contributed by atoms with Gasteiger partial charge in [0.25, 0.3) is 5.91 Å². The molecule has 2 aromatic rings. The van der Waals surface area contributed by atoms with Crippen molar-refractivity contribution in [1.82, 2.24) is 0 Å². The van der Waals surface area contributed by atoms with Crippen molar-refractivity contribution in [2.24, 2.45) is 0 Å². The van der Waals surface area contributed by atoms with E-state index < -0.39 is 0 Å². The molecule has 0 aliphatic heterocycles. The van der Waals surface area contributed by atoms with Gasteiger partial charge in [0.05, 0.1) is 5.02 Å². The first-order valence-electron chi connectivity index (χ1n) is 5.73. The third-order valence-electron chi connectivity index (χ3n) is 2.78. The molecule has 4 heteroatoms. The van der Waals surface area contributed by atoms with E-state index in [2.05, 4.69) is 5.32 Å². The van der Waals surface area contributed by atoms with Crippen LogP contribution in [0.5, 0.6) is 0 Å². The van der Waals surface area contributed by atoms with Crippen LogP contribution in [0, 0.1) is 6.92 Å². The number of hydrogen-bond acceptors (Lipinski definition) is 2. The Hall–Kier alpha value is -2.13. The van der Waals surface area contributed by atoms with Crippen LogP contribution in [-0.4, -0.2) is 12.2 Å². The highest BCUT2D eigenvalue weighted by atomic mass is 35.5. The Kier molecular flexibility index (Phi) is 3.97. The molecule has 0 heterocycles. The molecule has 0 aliphatic carbocycles. The molecule has 19 heavy (non-hydrogen) atoms. The maximum atomic E-state index is 12.1. The minimum absolute atomic E-state index is 0.256. The van der Waals surface area contributed by atoms with E-state index in [1.165, 1.54) is 12.1 Å². The first kappa shape index (κ1) is 13.3. The van der Waals surface area contributed by atoms with Crippen molar-refractivity contribution in [2.75, 3.05) is 5.32 Å². The summed E-state index contributed by atoms with van der Waals surface area (Å²) in [7, 11) is 0. The highest BCUT2D eigenvalue weighted by Crippen LogP contribution is 2.18. The van der Waals surface area contributed by atoms with Gasteiger partial charge in [-0.15, -0.1) is 0 Å². The number of para-hydroxylation sites is 1. The summed E-state index contributed by atoms with van der Waals surface area (Å²) >= 11 is 5.90. The molecule has 0 fully saturated rings. The third-order valence-corrected chi connectivity index (χ3v) is 3.11. The van der Waals surface area contributed by atoms with E-state index in [0.717, 1.165) is 11.3 Å². The first-order valence-corrected chi connectivity index (χ1v) is 6.11. The zero-order chi connectivity index (χ0) is 13.8. The molecule has 0 aliphatic rings. The molecule has 0 radical (unpaired) electrons. The maximum absolute atomic E-state index is 12.1. The number of benzene rings is 2. The van der Waals surface area contributed by atoms with Crippen LogP contribution >= 0.6 is 11.6 Å². The molecule has 0 saturated carbocycles. The second-order valence-electron chi connectivity index (χ2n) is 4.12. The fourth-order valence-corrected chi connectivity index (χ4v) is 1.90. The van der Waals surface area contributed by atoms with Crippen molar-refractivity contribution in [3.8, 4) is 0 Å². The summed E-state index contributed by atoms with van der Waals surface area (Å²) in [6, 6.07) is 12.1. The number of anilines is 1. The van der Waals surface area contributed by atoms with E-state index in [1.54, 1.807) is 6.07 Å². The van der Waals surface area contributed by atoms with Crippen LogP contribution in [0.2, 0.25) is 5.02 Å². The van der Waals surface area contributed by atoms with Crippen molar-refractivity contribution in [1.29, 1.82) is 0 Å². The van der Waals surface area contributed by atoms with Crippen LogP contribution in [0.4, 0.5) is 5.69 Å². The van der Waals surface area contributed by atoms with Crippen LogP contribution in [-0.2, 0) is 0 Å². The lowest BCUT2D eigenvalue weighted by atomic mass is 10.1. The van der Waals surface area contributed by atoms with Crippen LogP contribution in [0.1, 0.15) is 26.3 Å². The molecule has 0 saturated heterocycles. The molecule has 1 N–H and O–H groups in total. The standard InChI is InChI=1S/C15H12ClNO2/c1-10-4-2-3-5-14(10)17-15(19)11-6-7-12(9-18)13(16)8-11/h2-9H,1H3,(H,17,19). The summed E-state index contributed by atoms with van der Waals surface area (Å²) in [5.41, 5.74) is 2.52. The van der Waals surface area contributed by atoms with E-state index in [1.807, 2.05) is 31.2 Å². The lowest BCUT2D eigenvalue weighted by Gasteiger charge is -2.08. The van der Waals surface area contributed by atoms with Crippen LogP contribution < -0.4 is 5.32 Å². The third kappa shape index (κ3) is 3.01. The highest BCUT2D eigenvalue weighted by Gasteiger charge is 2.09. The van der Waals surface area contributed by atoms with E-state index in [4.69, 9.17) is 11.6 Å². The van der Waals surface area contributed by atoms with Gasteiger partial charge in [0.15, 0.2) is 6.29 Å². The lowest BCUT2D eigenvalue weighted by Crippen LogP contribution is -2.12. The molecule has 2 rings (SSSR count). The highest BCUT2D eigenvalue weighted by molar-refractivity contribution is 6.33. The Morgan fingerprint density at radius 3 is 2.58 bits per heavy atom. The summed E-state index contributed by atoms with van der Waals surface area (Å²) in [5.74, 6) is -0.256. The lowest BCUT2D eigenvalue weighted by molar-refractivity contribution is 0.102. The average Bonchev–Trinajstić information content (AvgIpc) is 2.41. The SMILES string of the molecule is Cc1ccccc1NC(=O)c1ccc(C=O)c(Cl)c1. The fraction of sp³-hybridized carbons (Fsp3) is 0.0667. The summed E-state index contributed by atoms with van der Waals surface area (Å²) in [6.45, 7) is 1.91. The number of nitrogens with one attached hydrogen (secondary N) is 1. The molecule has 0 bridgehead atoms. The molecule has 0 spiro atoms. The van der Waals surface area contributed by atoms with Crippen LogP contribution in [0.15, 0.2) is 42.5 Å². The summed E-state index contributed by atoms with van der Waals surface area (Å²) < 4.78 is 0. The number of carbonyl (C=O) groups is 2. The monoisotopic (exact) mass is 273 g/mol. The topological polar surface area (TPSA) is 46.2 Å². The number of rotatable bonds is 3. The summed E-state index contributed by atoms with van der Waals surface area (Å²) in [5, 5.41) is 3.08. The normalized spacial score (nSPS) is 10.0. The van der Waals surface area contributed by atoms with E-state index >= 15 is 0 Å². The van der Waals surface area contributed by atoms with Crippen molar-refractivity contribution in [3.05, 3.63) is 64.2 Å². The van der Waals surface area contributed by atoms with E-state index in [-0.39, 0.29) is 10.9 Å². The van der Waals surface area contributed by atoms with Gasteiger partial charge >= 0.3 is 0 Å². The van der Waals surface area contributed by atoms with Crippen molar-refractivity contribution < 1.29 is 9.59 Å². The van der Waals surface area contributed by atoms with Crippen LogP contribution in [0.25, 0.3) is 0 Å². The number of aryl methyl sites for hydroxylation is 1. The van der Waals surface area contributed by atoms with Gasteiger partial charge in [-0.05, 0) is 36.8 Å². The fourth-order valence-electron chi connectivity index (χ4n) is 1.67. The average molecular weight is 274 g/mol. The molecule has 96 valence electrons. The van der Waals surface area contributed by atoms with E-state index in [9.17, 15) is 9.59 Å². The Morgan fingerprint density at radius 2 is 1.95 bits per heavy atom. The van der Waals surface area contributed by atoms with Gasteiger partial charge in [-0.1, -0.05) is 29.8 Å². The zero-order valence-electron chi connectivity index (χ0n) is 10.3. The van der Waals surface area contributed by atoms with Crippen molar-refractivity contribution in [2.45, 2.75) is 6.92 Å². The maximum Gasteiger partial charge on any atom is 0.255 e. The number of halogens is 1. The quantitative estimate of drug-likeness (QED) is 0.867. The molecule has 2 aromatic carbocycles. The second-order valence-corrected chi connectivity index (χ2v) is 4.53. The Balaban J connectivity index is 2.23.